The van der Waals surface area contributed by atoms with E-state index in [9.17, 15) is 19.2 Å². The number of halogens is 2. The fraction of sp³-hybridized carbons (Fsp3) is 0.111. The van der Waals surface area contributed by atoms with Crippen molar-refractivity contribution in [3.8, 4) is 46.0 Å². The second-order valence-electron chi connectivity index (χ2n) is 10.0. The normalized spacial score (nSPS) is 10.0. The molecule has 0 aliphatic heterocycles. The Hall–Kier alpha value is -6.08. The summed E-state index contributed by atoms with van der Waals surface area (Å²) in [5.41, 5.74) is -1.03. The summed E-state index contributed by atoms with van der Waals surface area (Å²) in [5, 5.41) is 0. The quantitative estimate of drug-likeness (QED) is 0.109. The summed E-state index contributed by atoms with van der Waals surface area (Å²) in [7, 11) is 0. The number of ether oxygens (including phenoxy) is 4. The van der Waals surface area contributed by atoms with Gasteiger partial charge in [-0.05, 0) is 69.7 Å². The van der Waals surface area contributed by atoms with Crippen molar-refractivity contribution in [2.75, 3.05) is 0 Å². The van der Waals surface area contributed by atoms with Crippen molar-refractivity contribution in [2.45, 2.75) is 27.7 Å². The first-order chi connectivity index (χ1) is 21.6. The number of hydrogen-bond donors (Lipinski definition) is 0. The van der Waals surface area contributed by atoms with Crippen molar-refractivity contribution in [1.29, 1.82) is 0 Å². The summed E-state index contributed by atoms with van der Waals surface area (Å²) in [6.45, 7) is 19.5. The summed E-state index contributed by atoms with van der Waals surface area (Å²) in [6.07, 6.45) is 0. The summed E-state index contributed by atoms with van der Waals surface area (Å²) >= 11 is 0. The highest BCUT2D eigenvalue weighted by atomic mass is 19.1. The van der Waals surface area contributed by atoms with Crippen molar-refractivity contribution >= 4 is 23.9 Å². The highest BCUT2D eigenvalue weighted by molar-refractivity contribution is 5.93. The first-order valence-corrected chi connectivity index (χ1v) is 13.4. The first-order valence-electron chi connectivity index (χ1n) is 13.4. The molecule has 0 aromatic heterocycles. The Balaban J connectivity index is 2.24. The summed E-state index contributed by atoms with van der Waals surface area (Å²) in [6, 6.07) is 10.9. The van der Waals surface area contributed by atoms with Gasteiger partial charge in [0.1, 0.15) is 17.1 Å². The summed E-state index contributed by atoms with van der Waals surface area (Å²) in [4.78, 5) is 48.7. The van der Waals surface area contributed by atoms with Gasteiger partial charge in [-0.3, -0.25) is 0 Å². The van der Waals surface area contributed by atoms with Gasteiger partial charge in [-0.2, -0.15) is 0 Å². The molecule has 0 radical (unpaired) electrons. The van der Waals surface area contributed by atoms with Gasteiger partial charge in [0.05, 0.1) is 5.56 Å². The fourth-order valence-electron chi connectivity index (χ4n) is 3.39. The number of hydrogen-bond acceptors (Lipinski definition) is 8. The lowest BCUT2D eigenvalue weighted by Crippen LogP contribution is -2.15. The molecule has 0 heterocycles. The number of carbonyl (C=O) groups is 4. The van der Waals surface area contributed by atoms with Crippen LogP contribution in [-0.4, -0.2) is 23.9 Å². The molecule has 0 spiro atoms. The van der Waals surface area contributed by atoms with Crippen LogP contribution in [0.25, 0.3) is 11.1 Å². The topological polar surface area (TPSA) is 105 Å². The van der Waals surface area contributed by atoms with E-state index in [-0.39, 0.29) is 44.9 Å². The van der Waals surface area contributed by atoms with E-state index in [1.807, 2.05) is 0 Å². The first kappa shape index (κ1) is 34.4. The van der Waals surface area contributed by atoms with Crippen LogP contribution in [0.2, 0.25) is 0 Å². The Morgan fingerprint density at radius 1 is 0.543 bits per heavy atom. The van der Waals surface area contributed by atoms with Gasteiger partial charge in [-0.25, -0.2) is 28.0 Å². The molecule has 0 unspecified atom stereocenters. The van der Waals surface area contributed by atoms with Crippen LogP contribution in [0.5, 0.6) is 23.0 Å². The van der Waals surface area contributed by atoms with Gasteiger partial charge in [-0.1, -0.05) is 50.3 Å². The molecular weight excluding hydrogens is 598 g/mol. The summed E-state index contributed by atoms with van der Waals surface area (Å²) in [5.74, 6) is -2.54. The van der Waals surface area contributed by atoms with E-state index in [1.165, 1.54) is 76.2 Å². The zero-order valence-corrected chi connectivity index (χ0v) is 25.5. The van der Waals surface area contributed by atoms with Crippen LogP contribution in [0, 0.1) is 23.5 Å². The number of rotatable bonds is 9. The van der Waals surface area contributed by atoms with E-state index in [4.69, 9.17) is 18.9 Å². The van der Waals surface area contributed by atoms with Gasteiger partial charge in [-0.15, -0.1) is 0 Å². The zero-order chi connectivity index (χ0) is 34.3. The number of esters is 4. The fourth-order valence-corrected chi connectivity index (χ4v) is 3.39. The molecule has 46 heavy (non-hydrogen) atoms. The Bertz CT molecular complexity index is 1870. The molecule has 8 nitrogen and oxygen atoms in total. The lowest BCUT2D eigenvalue weighted by molar-refractivity contribution is -0.131. The summed E-state index contributed by atoms with van der Waals surface area (Å²) < 4.78 is 53.5. The molecule has 0 bridgehead atoms. The van der Waals surface area contributed by atoms with Crippen LogP contribution < -0.4 is 18.9 Å². The molecule has 3 aromatic rings. The van der Waals surface area contributed by atoms with Crippen LogP contribution in [-0.2, 0) is 19.2 Å². The van der Waals surface area contributed by atoms with E-state index in [0.29, 0.717) is 0 Å². The molecular formula is C36H28F2O8. The predicted molar refractivity (Wildman–Crippen MR) is 166 cm³/mol. The molecule has 10 heteroatoms. The van der Waals surface area contributed by atoms with Crippen molar-refractivity contribution in [2.24, 2.45) is 0 Å². The van der Waals surface area contributed by atoms with E-state index in [1.54, 1.807) is 0 Å². The Kier molecular flexibility index (Phi) is 10.9. The Morgan fingerprint density at radius 2 is 0.935 bits per heavy atom. The number of carbonyl (C=O) groups excluding carboxylic acids is 4. The van der Waals surface area contributed by atoms with Crippen LogP contribution in [0.4, 0.5) is 8.78 Å². The van der Waals surface area contributed by atoms with Crippen LogP contribution in [0.3, 0.4) is 0 Å². The largest absolute Gasteiger partial charge is 0.423 e. The van der Waals surface area contributed by atoms with Crippen molar-refractivity contribution in [3.05, 3.63) is 120 Å². The van der Waals surface area contributed by atoms with Gasteiger partial charge >= 0.3 is 23.9 Å². The van der Waals surface area contributed by atoms with E-state index >= 15 is 8.78 Å². The van der Waals surface area contributed by atoms with Gasteiger partial charge in [0.25, 0.3) is 0 Å². The van der Waals surface area contributed by atoms with E-state index in [2.05, 4.69) is 38.2 Å². The molecule has 0 aliphatic rings. The van der Waals surface area contributed by atoms with E-state index < -0.39 is 58.1 Å². The van der Waals surface area contributed by atoms with Gasteiger partial charge in [0, 0.05) is 27.9 Å². The molecule has 0 amide bonds. The number of benzene rings is 3. The highest BCUT2D eigenvalue weighted by Crippen LogP contribution is 2.43. The Morgan fingerprint density at radius 3 is 1.37 bits per heavy atom. The molecule has 0 saturated carbocycles. The average molecular weight is 627 g/mol. The highest BCUT2D eigenvalue weighted by Gasteiger charge is 2.30. The maximum absolute atomic E-state index is 16.4. The Labute approximate surface area is 264 Å². The van der Waals surface area contributed by atoms with Gasteiger partial charge in [0.15, 0.2) is 23.1 Å². The zero-order valence-electron chi connectivity index (χ0n) is 25.5. The lowest BCUT2D eigenvalue weighted by Gasteiger charge is -2.18. The van der Waals surface area contributed by atoms with Crippen molar-refractivity contribution < 1.29 is 46.9 Å². The van der Waals surface area contributed by atoms with Gasteiger partial charge in [0.2, 0.25) is 0 Å². The molecule has 0 aliphatic carbocycles. The minimum Gasteiger partial charge on any atom is -0.423 e. The van der Waals surface area contributed by atoms with Crippen molar-refractivity contribution in [1.82, 2.24) is 0 Å². The predicted octanol–water partition coefficient (Wildman–Crippen LogP) is 6.96. The molecule has 234 valence electrons. The van der Waals surface area contributed by atoms with Crippen molar-refractivity contribution in [3.63, 3.8) is 0 Å². The monoisotopic (exact) mass is 626 g/mol. The molecule has 0 atom stereocenters. The third-order valence-corrected chi connectivity index (χ3v) is 5.83. The molecule has 0 fully saturated rings. The molecule has 0 saturated heterocycles. The van der Waals surface area contributed by atoms with Crippen LogP contribution in [0.15, 0.2) is 97.1 Å². The lowest BCUT2D eigenvalue weighted by atomic mass is 9.99. The minimum atomic E-state index is -1.33. The smallest absolute Gasteiger partial charge is 0.338 e. The standard InChI is InChI=1S/C36H28F2O8/c1-19(2)33(39)43-25-14-9-23(10-15-25)11-18-27-29(37)32(46-36(42)22(7)8)28(30(38)31(27)45-35(41)21(5)6)24-12-16-26(17-13-24)44-34(40)20(3)4/h9-10,12-17H,1,3,5,7H2,2,4,6,8H3. The van der Waals surface area contributed by atoms with Crippen LogP contribution >= 0.6 is 0 Å². The second-order valence-corrected chi connectivity index (χ2v) is 10.0. The molecule has 3 rings (SSSR count). The minimum absolute atomic E-state index is 0.0388. The third kappa shape index (κ3) is 8.30. The van der Waals surface area contributed by atoms with Gasteiger partial charge < -0.3 is 18.9 Å². The van der Waals surface area contributed by atoms with E-state index in [0.717, 1.165) is 0 Å². The maximum Gasteiger partial charge on any atom is 0.338 e. The maximum atomic E-state index is 16.4. The van der Waals surface area contributed by atoms with Crippen LogP contribution in [0.1, 0.15) is 38.8 Å². The third-order valence-electron chi connectivity index (χ3n) is 5.83. The molecule has 3 aromatic carbocycles. The second kappa shape index (κ2) is 14.6. The average Bonchev–Trinajstić information content (AvgIpc) is 3.00. The molecule has 0 N–H and O–H groups in total. The SMILES string of the molecule is C=C(C)C(=O)Oc1ccc(C#Cc2c(F)c(OC(=O)C(=C)C)c(-c3ccc(OC(=O)C(=C)C)cc3)c(F)c2OC(=O)C(=C)C)cc1.